The van der Waals surface area contributed by atoms with Crippen molar-refractivity contribution in [3.05, 3.63) is 24.3 Å². The molecule has 0 spiro atoms. The van der Waals surface area contributed by atoms with Crippen molar-refractivity contribution in [2.24, 2.45) is 17.8 Å². The molecule has 1 aromatic carbocycles. The van der Waals surface area contributed by atoms with Gasteiger partial charge in [0.15, 0.2) is 0 Å². The van der Waals surface area contributed by atoms with Crippen LogP contribution in [0.2, 0.25) is 0 Å². The van der Waals surface area contributed by atoms with E-state index in [0.717, 1.165) is 31.1 Å². The Labute approximate surface area is 139 Å². The van der Waals surface area contributed by atoms with Crippen LogP contribution in [-0.2, 0) is 4.79 Å². The van der Waals surface area contributed by atoms with E-state index < -0.39 is 0 Å². The first kappa shape index (κ1) is 16.3. The predicted molar refractivity (Wildman–Crippen MR) is 92.7 cm³/mol. The minimum Gasteiger partial charge on any atom is -0.493 e. The van der Waals surface area contributed by atoms with Gasteiger partial charge in [-0.05, 0) is 62.0 Å². The third-order valence-electron chi connectivity index (χ3n) is 5.27. The number of anilines is 1. The Morgan fingerprint density at radius 3 is 2.52 bits per heavy atom. The lowest BCUT2D eigenvalue weighted by Crippen LogP contribution is -2.48. The highest BCUT2D eigenvalue weighted by Crippen LogP contribution is 2.25. The van der Waals surface area contributed by atoms with Gasteiger partial charge in [-0.3, -0.25) is 4.79 Å². The summed E-state index contributed by atoms with van der Waals surface area (Å²) in [7, 11) is 0. The molecule has 2 fully saturated rings. The Bertz CT molecular complexity index is 505. The van der Waals surface area contributed by atoms with Gasteiger partial charge in [-0.25, -0.2) is 0 Å². The number of hydrogen-bond donors (Lipinski definition) is 2. The highest BCUT2D eigenvalue weighted by Gasteiger charge is 2.28. The van der Waals surface area contributed by atoms with Gasteiger partial charge in [0.05, 0.1) is 6.61 Å². The lowest BCUT2D eigenvalue weighted by atomic mass is 9.88. The fraction of sp³-hybridized carbons (Fsp3) is 0.632. The van der Waals surface area contributed by atoms with E-state index in [0.29, 0.717) is 11.8 Å². The van der Waals surface area contributed by atoms with Crippen LogP contribution in [-0.4, -0.2) is 25.6 Å². The van der Waals surface area contributed by atoms with Crippen LogP contribution < -0.4 is 15.4 Å². The largest absolute Gasteiger partial charge is 0.493 e. The van der Waals surface area contributed by atoms with Crippen molar-refractivity contribution in [1.29, 1.82) is 0 Å². The molecule has 1 aliphatic carbocycles. The quantitative estimate of drug-likeness (QED) is 0.845. The Morgan fingerprint density at radius 2 is 1.91 bits per heavy atom. The van der Waals surface area contributed by atoms with Crippen LogP contribution >= 0.6 is 0 Å². The fourth-order valence-corrected chi connectivity index (χ4v) is 3.34. The third kappa shape index (κ3) is 4.47. The third-order valence-corrected chi connectivity index (χ3v) is 5.27. The Morgan fingerprint density at radius 1 is 1.22 bits per heavy atom. The number of carbonyl (C=O) groups is 1. The topological polar surface area (TPSA) is 50.4 Å². The van der Waals surface area contributed by atoms with E-state index in [-0.39, 0.29) is 11.8 Å². The first-order valence-corrected chi connectivity index (χ1v) is 8.97. The van der Waals surface area contributed by atoms with Crippen LogP contribution in [0, 0.1) is 17.8 Å². The lowest BCUT2D eigenvalue weighted by molar-refractivity contribution is -0.121. The minimum atomic E-state index is 0.0541. The normalized spacial score (nSPS) is 20.6. The van der Waals surface area contributed by atoms with Crippen molar-refractivity contribution < 1.29 is 9.53 Å². The van der Waals surface area contributed by atoms with E-state index >= 15 is 0 Å². The van der Waals surface area contributed by atoms with E-state index in [1.807, 2.05) is 31.2 Å². The monoisotopic (exact) mass is 316 g/mol. The van der Waals surface area contributed by atoms with Crippen molar-refractivity contribution in [3.8, 4) is 5.75 Å². The summed E-state index contributed by atoms with van der Waals surface area (Å²) in [6.45, 7) is 4.71. The van der Waals surface area contributed by atoms with Gasteiger partial charge in [-0.2, -0.15) is 0 Å². The van der Waals surface area contributed by atoms with Gasteiger partial charge in [0, 0.05) is 11.6 Å². The summed E-state index contributed by atoms with van der Waals surface area (Å²) >= 11 is 0. The van der Waals surface area contributed by atoms with Crippen LogP contribution in [0.3, 0.4) is 0 Å². The Hall–Kier alpha value is -1.55. The smallest absolute Gasteiger partial charge is 0.227 e. The summed E-state index contributed by atoms with van der Waals surface area (Å²) in [5, 5.41) is 6.21. The maximum Gasteiger partial charge on any atom is 0.227 e. The van der Waals surface area contributed by atoms with Crippen molar-refractivity contribution in [2.45, 2.75) is 39.0 Å². The fourth-order valence-electron chi connectivity index (χ4n) is 3.34. The van der Waals surface area contributed by atoms with Gasteiger partial charge in [0.1, 0.15) is 5.75 Å². The van der Waals surface area contributed by atoms with E-state index in [4.69, 9.17) is 4.74 Å². The molecule has 1 aromatic rings. The number of nitrogens with one attached hydrogen (secondary N) is 2. The molecule has 1 saturated carbocycles. The maximum absolute atomic E-state index is 12.2. The number of benzene rings is 1. The molecule has 1 aliphatic heterocycles. The second-order valence-electron chi connectivity index (χ2n) is 7.04. The molecule has 1 unspecified atom stereocenters. The summed E-state index contributed by atoms with van der Waals surface area (Å²) < 4.78 is 5.90. The van der Waals surface area contributed by atoms with Crippen LogP contribution in [0.25, 0.3) is 0 Å². The van der Waals surface area contributed by atoms with Crippen molar-refractivity contribution in [3.63, 3.8) is 0 Å². The molecule has 23 heavy (non-hydrogen) atoms. The maximum atomic E-state index is 12.2. The molecule has 1 amide bonds. The molecule has 1 heterocycles. The van der Waals surface area contributed by atoms with Crippen LogP contribution in [0.1, 0.15) is 39.0 Å². The molecule has 4 nitrogen and oxygen atoms in total. The number of hydrogen-bond acceptors (Lipinski definition) is 3. The molecule has 4 heteroatoms. The molecule has 1 atom stereocenters. The highest BCUT2D eigenvalue weighted by molar-refractivity contribution is 5.92. The van der Waals surface area contributed by atoms with Crippen molar-refractivity contribution in [1.82, 2.24) is 5.32 Å². The summed E-state index contributed by atoms with van der Waals surface area (Å²) in [4.78, 5) is 12.2. The van der Waals surface area contributed by atoms with E-state index in [1.165, 1.54) is 32.1 Å². The summed E-state index contributed by atoms with van der Waals surface area (Å²) in [5.41, 5.74) is 0.846. The minimum absolute atomic E-state index is 0.0541. The highest BCUT2D eigenvalue weighted by atomic mass is 16.5. The van der Waals surface area contributed by atoms with Gasteiger partial charge in [-0.1, -0.05) is 26.2 Å². The van der Waals surface area contributed by atoms with Crippen molar-refractivity contribution in [2.75, 3.05) is 25.0 Å². The molecule has 0 bridgehead atoms. The second-order valence-corrected chi connectivity index (χ2v) is 7.04. The zero-order valence-corrected chi connectivity index (χ0v) is 14.0. The predicted octanol–water partition coefficient (Wildman–Crippen LogP) is 3.44. The van der Waals surface area contributed by atoms with Gasteiger partial charge < -0.3 is 15.4 Å². The summed E-state index contributed by atoms with van der Waals surface area (Å²) in [6, 6.07) is 7.77. The van der Waals surface area contributed by atoms with Crippen molar-refractivity contribution >= 4 is 11.6 Å². The van der Waals surface area contributed by atoms with Gasteiger partial charge in [0.2, 0.25) is 5.91 Å². The molecule has 1 saturated heterocycles. The molecule has 2 N–H and O–H groups in total. The van der Waals surface area contributed by atoms with Gasteiger partial charge in [-0.15, -0.1) is 0 Å². The first-order chi connectivity index (χ1) is 11.2. The number of carbonyl (C=O) groups excluding carboxylic acids is 1. The zero-order chi connectivity index (χ0) is 16.1. The lowest BCUT2D eigenvalue weighted by Gasteiger charge is -2.31. The molecule has 0 aromatic heterocycles. The van der Waals surface area contributed by atoms with Crippen LogP contribution in [0.15, 0.2) is 24.3 Å². The van der Waals surface area contributed by atoms with E-state index in [9.17, 15) is 4.79 Å². The number of ether oxygens (including phenoxy) is 1. The molecule has 2 aliphatic rings. The molecule has 3 rings (SSSR count). The van der Waals surface area contributed by atoms with E-state index in [1.54, 1.807) is 0 Å². The van der Waals surface area contributed by atoms with Crippen LogP contribution in [0.5, 0.6) is 5.75 Å². The SMILES string of the molecule is CC(C(=O)Nc1ccc(OCC2CCCCC2)cc1)C1CNC1. The van der Waals surface area contributed by atoms with Gasteiger partial charge in [0.25, 0.3) is 0 Å². The van der Waals surface area contributed by atoms with Gasteiger partial charge >= 0.3 is 0 Å². The molecule has 126 valence electrons. The number of rotatable bonds is 6. The average Bonchev–Trinajstić information content (AvgIpc) is 2.53. The molecule has 0 radical (unpaired) electrons. The van der Waals surface area contributed by atoms with E-state index in [2.05, 4.69) is 10.6 Å². The molecular weight excluding hydrogens is 288 g/mol. The zero-order valence-electron chi connectivity index (χ0n) is 14.0. The first-order valence-electron chi connectivity index (χ1n) is 8.97. The summed E-state index contributed by atoms with van der Waals surface area (Å²) in [5.74, 6) is 2.23. The standard InChI is InChI=1S/C19H28N2O2/c1-14(16-11-20-12-16)19(22)21-17-7-9-18(10-8-17)23-13-15-5-3-2-4-6-15/h7-10,14-16,20H,2-6,11-13H2,1H3,(H,21,22). The Kier molecular flexibility index (Phi) is 5.55. The average molecular weight is 316 g/mol. The molecular formula is C19H28N2O2. The second kappa shape index (κ2) is 7.82. The van der Waals surface area contributed by atoms with Crippen LogP contribution in [0.4, 0.5) is 5.69 Å². The number of amides is 1. The Balaban J connectivity index is 1.45. The summed E-state index contributed by atoms with van der Waals surface area (Å²) in [6.07, 6.45) is 6.64.